The predicted molar refractivity (Wildman–Crippen MR) is 90.1 cm³/mol. The van der Waals surface area contributed by atoms with Crippen LogP contribution in [0.4, 0.5) is 5.69 Å². The lowest BCUT2D eigenvalue weighted by molar-refractivity contribution is 0.0743. The number of carbonyl (C=O) groups excluding carboxylic acids is 1. The third-order valence-corrected chi connectivity index (χ3v) is 4.08. The standard InChI is InChI=1S/C17H22N2OS/c1-4-9-19(12-14-8-10-21-13-14)17(20)15-6-5-7-16(11-15)18(2)3/h5-8,10-11,13H,4,9,12H2,1-3H3. The highest BCUT2D eigenvalue weighted by Crippen LogP contribution is 2.17. The molecule has 2 aromatic rings. The highest BCUT2D eigenvalue weighted by Gasteiger charge is 2.16. The first-order valence-corrected chi connectivity index (χ1v) is 8.14. The molecule has 1 aromatic heterocycles. The fraction of sp³-hybridized carbons (Fsp3) is 0.353. The van der Waals surface area contributed by atoms with Crippen LogP contribution in [0, 0.1) is 0 Å². The Bertz CT molecular complexity index is 578. The van der Waals surface area contributed by atoms with Gasteiger partial charge in [0, 0.05) is 38.4 Å². The molecule has 0 atom stereocenters. The van der Waals surface area contributed by atoms with E-state index in [1.807, 2.05) is 48.2 Å². The first-order valence-electron chi connectivity index (χ1n) is 7.19. The number of carbonyl (C=O) groups is 1. The number of nitrogens with zero attached hydrogens (tertiary/aromatic N) is 2. The molecule has 0 spiro atoms. The molecule has 2 rings (SSSR count). The molecule has 0 saturated carbocycles. The Hall–Kier alpha value is -1.81. The maximum Gasteiger partial charge on any atom is 0.254 e. The number of amides is 1. The maximum absolute atomic E-state index is 12.7. The van der Waals surface area contributed by atoms with Crippen LogP contribution in [0.25, 0.3) is 0 Å². The van der Waals surface area contributed by atoms with Gasteiger partial charge in [0.1, 0.15) is 0 Å². The largest absolute Gasteiger partial charge is 0.378 e. The van der Waals surface area contributed by atoms with Crippen LogP contribution in [0.5, 0.6) is 0 Å². The molecule has 0 N–H and O–H groups in total. The molecular formula is C17H22N2OS. The SMILES string of the molecule is CCCN(Cc1ccsc1)C(=O)c1cccc(N(C)C)c1. The summed E-state index contributed by atoms with van der Waals surface area (Å²) in [6.45, 7) is 3.56. The van der Waals surface area contributed by atoms with Crippen LogP contribution < -0.4 is 4.90 Å². The summed E-state index contributed by atoms with van der Waals surface area (Å²) in [5, 5.41) is 4.16. The van der Waals surface area contributed by atoms with E-state index in [9.17, 15) is 4.79 Å². The third-order valence-electron chi connectivity index (χ3n) is 3.34. The van der Waals surface area contributed by atoms with Gasteiger partial charge in [0.25, 0.3) is 5.91 Å². The fourth-order valence-corrected chi connectivity index (χ4v) is 2.88. The van der Waals surface area contributed by atoms with Gasteiger partial charge in [-0.05, 0) is 47.0 Å². The second-order valence-electron chi connectivity index (χ2n) is 5.30. The maximum atomic E-state index is 12.7. The second-order valence-corrected chi connectivity index (χ2v) is 6.08. The van der Waals surface area contributed by atoms with Crippen molar-refractivity contribution in [1.82, 2.24) is 4.90 Å². The molecule has 21 heavy (non-hydrogen) atoms. The summed E-state index contributed by atoms with van der Waals surface area (Å²) in [7, 11) is 3.97. The van der Waals surface area contributed by atoms with Gasteiger partial charge in [-0.15, -0.1) is 0 Å². The van der Waals surface area contributed by atoms with Gasteiger partial charge in [-0.2, -0.15) is 11.3 Å². The van der Waals surface area contributed by atoms with E-state index in [4.69, 9.17) is 0 Å². The second kappa shape index (κ2) is 7.27. The molecule has 0 aliphatic heterocycles. The third kappa shape index (κ3) is 4.08. The van der Waals surface area contributed by atoms with Crippen LogP contribution in [0.2, 0.25) is 0 Å². The van der Waals surface area contributed by atoms with Crippen LogP contribution >= 0.6 is 11.3 Å². The van der Waals surface area contributed by atoms with Crippen LogP contribution in [0.15, 0.2) is 41.1 Å². The van der Waals surface area contributed by atoms with Gasteiger partial charge in [-0.25, -0.2) is 0 Å². The Kier molecular flexibility index (Phi) is 5.39. The summed E-state index contributed by atoms with van der Waals surface area (Å²) < 4.78 is 0. The van der Waals surface area contributed by atoms with Crippen LogP contribution in [0.3, 0.4) is 0 Å². The summed E-state index contributed by atoms with van der Waals surface area (Å²) in [6, 6.07) is 9.89. The summed E-state index contributed by atoms with van der Waals surface area (Å²) in [5.74, 6) is 0.103. The van der Waals surface area contributed by atoms with Crippen LogP contribution in [-0.2, 0) is 6.54 Å². The lowest BCUT2D eigenvalue weighted by Crippen LogP contribution is -2.31. The van der Waals surface area contributed by atoms with Crippen molar-refractivity contribution in [1.29, 1.82) is 0 Å². The van der Waals surface area contributed by atoms with Crippen molar-refractivity contribution in [2.75, 3.05) is 25.5 Å². The van der Waals surface area contributed by atoms with Gasteiger partial charge in [0.15, 0.2) is 0 Å². The summed E-state index contributed by atoms with van der Waals surface area (Å²) in [4.78, 5) is 16.7. The van der Waals surface area contributed by atoms with E-state index in [-0.39, 0.29) is 5.91 Å². The van der Waals surface area contributed by atoms with Crippen molar-refractivity contribution in [2.45, 2.75) is 19.9 Å². The van der Waals surface area contributed by atoms with Crippen molar-refractivity contribution >= 4 is 22.9 Å². The average molecular weight is 302 g/mol. The number of rotatable bonds is 6. The Morgan fingerprint density at radius 1 is 1.24 bits per heavy atom. The molecule has 0 aliphatic rings. The monoisotopic (exact) mass is 302 g/mol. The molecule has 0 radical (unpaired) electrons. The van der Waals surface area contributed by atoms with E-state index in [0.717, 1.165) is 24.2 Å². The van der Waals surface area contributed by atoms with Crippen molar-refractivity contribution in [2.24, 2.45) is 0 Å². The van der Waals surface area contributed by atoms with E-state index in [1.54, 1.807) is 11.3 Å². The Morgan fingerprint density at radius 3 is 2.67 bits per heavy atom. The normalized spacial score (nSPS) is 10.4. The molecule has 4 heteroatoms. The molecule has 0 saturated heterocycles. The first-order chi connectivity index (χ1) is 10.1. The van der Waals surface area contributed by atoms with Gasteiger partial charge < -0.3 is 9.80 Å². The smallest absolute Gasteiger partial charge is 0.254 e. The number of hydrogen-bond donors (Lipinski definition) is 0. The number of benzene rings is 1. The quantitative estimate of drug-likeness (QED) is 0.809. The summed E-state index contributed by atoms with van der Waals surface area (Å²) in [5.41, 5.74) is 3.00. The predicted octanol–water partition coefficient (Wildman–Crippen LogP) is 3.87. The minimum Gasteiger partial charge on any atom is -0.378 e. The number of thiophene rings is 1. The summed E-state index contributed by atoms with van der Waals surface area (Å²) >= 11 is 1.67. The highest BCUT2D eigenvalue weighted by atomic mass is 32.1. The zero-order chi connectivity index (χ0) is 15.2. The van der Waals surface area contributed by atoms with Crippen LogP contribution in [-0.4, -0.2) is 31.4 Å². The van der Waals surface area contributed by atoms with E-state index < -0.39 is 0 Å². The Balaban J connectivity index is 2.19. The zero-order valence-electron chi connectivity index (χ0n) is 12.9. The van der Waals surface area contributed by atoms with E-state index >= 15 is 0 Å². The van der Waals surface area contributed by atoms with Crippen molar-refractivity contribution in [3.05, 3.63) is 52.2 Å². The van der Waals surface area contributed by atoms with Gasteiger partial charge in [-0.3, -0.25) is 4.79 Å². The molecule has 0 bridgehead atoms. The minimum atomic E-state index is 0.103. The molecule has 0 unspecified atom stereocenters. The molecule has 0 aliphatic carbocycles. The lowest BCUT2D eigenvalue weighted by atomic mass is 10.1. The lowest BCUT2D eigenvalue weighted by Gasteiger charge is -2.22. The highest BCUT2D eigenvalue weighted by molar-refractivity contribution is 7.07. The van der Waals surface area contributed by atoms with E-state index in [2.05, 4.69) is 23.8 Å². The summed E-state index contributed by atoms with van der Waals surface area (Å²) in [6.07, 6.45) is 0.962. The van der Waals surface area contributed by atoms with Gasteiger partial charge in [-0.1, -0.05) is 13.0 Å². The fourth-order valence-electron chi connectivity index (χ4n) is 2.23. The number of hydrogen-bond acceptors (Lipinski definition) is 3. The first kappa shape index (κ1) is 15.6. The molecular weight excluding hydrogens is 280 g/mol. The average Bonchev–Trinajstić information content (AvgIpc) is 2.99. The topological polar surface area (TPSA) is 23.6 Å². The van der Waals surface area contributed by atoms with Crippen molar-refractivity contribution in [3.8, 4) is 0 Å². The van der Waals surface area contributed by atoms with Crippen LogP contribution in [0.1, 0.15) is 29.3 Å². The molecule has 1 amide bonds. The zero-order valence-corrected chi connectivity index (χ0v) is 13.7. The minimum absolute atomic E-state index is 0.103. The number of anilines is 1. The van der Waals surface area contributed by atoms with Crippen molar-refractivity contribution < 1.29 is 4.79 Å². The van der Waals surface area contributed by atoms with E-state index in [0.29, 0.717) is 6.54 Å². The van der Waals surface area contributed by atoms with Crippen molar-refractivity contribution in [3.63, 3.8) is 0 Å². The van der Waals surface area contributed by atoms with Gasteiger partial charge in [0.2, 0.25) is 0 Å². The molecule has 1 aromatic carbocycles. The van der Waals surface area contributed by atoms with Gasteiger partial charge in [0.05, 0.1) is 0 Å². The molecule has 1 heterocycles. The Morgan fingerprint density at radius 2 is 2.05 bits per heavy atom. The molecule has 112 valence electrons. The van der Waals surface area contributed by atoms with Gasteiger partial charge >= 0.3 is 0 Å². The van der Waals surface area contributed by atoms with E-state index in [1.165, 1.54) is 5.56 Å². The molecule has 3 nitrogen and oxygen atoms in total. The Labute approximate surface area is 130 Å². The molecule has 0 fully saturated rings.